The summed E-state index contributed by atoms with van der Waals surface area (Å²) in [5.74, 6) is -0.930. The lowest BCUT2D eigenvalue weighted by Crippen LogP contribution is -2.30. The van der Waals surface area contributed by atoms with Crippen molar-refractivity contribution in [1.29, 1.82) is 0 Å². The summed E-state index contributed by atoms with van der Waals surface area (Å²) in [7, 11) is 0. The molecule has 71 heavy (non-hydrogen) atoms. The first kappa shape index (κ1) is 67.3. The van der Waals surface area contributed by atoms with Gasteiger partial charge in [0.05, 0.1) is 0 Å². The highest BCUT2D eigenvalue weighted by molar-refractivity contribution is 5.71. The summed E-state index contributed by atoms with van der Waals surface area (Å²) in [5, 5.41) is 0. The lowest BCUT2D eigenvalue weighted by Gasteiger charge is -2.18. The maximum atomic E-state index is 12.9. The van der Waals surface area contributed by atoms with Gasteiger partial charge in [0.15, 0.2) is 6.10 Å². The molecule has 0 amide bonds. The van der Waals surface area contributed by atoms with Crippen LogP contribution in [0.1, 0.15) is 278 Å². The fourth-order valence-corrected chi connectivity index (χ4v) is 8.19. The van der Waals surface area contributed by atoms with Gasteiger partial charge >= 0.3 is 17.9 Å². The van der Waals surface area contributed by atoms with Crippen molar-refractivity contribution in [3.63, 3.8) is 0 Å². The minimum atomic E-state index is -0.797. The number of rotatable bonds is 53. The molecule has 406 valence electrons. The summed E-state index contributed by atoms with van der Waals surface area (Å²) >= 11 is 0. The first-order valence-electron chi connectivity index (χ1n) is 29.7. The van der Waals surface area contributed by atoms with Gasteiger partial charge in [-0.1, -0.05) is 259 Å². The van der Waals surface area contributed by atoms with Crippen LogP contribution < -0.4 is 0 Å². The van der Waals surface area contributed by atoms with E-state index in [1.165, 1.54) is 109 Å². The molecule has 0 aromatic carbocycles. The van der Waals surface area contributed by atoms with E-state index in [2.05, 4.69) is 118 Å². The molecule has 6 nitrogen and oxygen atoms in total. The number of unbranched alkanes of at least 4 members (excludes halogenated alkanes) is 26. The van der Waals surface area contributed by atoms with Crippen molar-refractivity contribution in [2.45, 2.75) is 284 Å². The number of carbonyl (C=O) groups excluding carboxylic acids is 3. The number of esters is 3. The van der Waals surface area contributed by atoms with Crippen LogP contribution in [-0.2, 0) is 28.6 Å². The molecule has 0 saturated heterocycles. The molecule has 0 radical (unpaired) electrons. The molecule has 0 aliphatic carbocycles. The van der Waals surface area contributed by atoms with Crippen molar-refractivity contribution in [2.75, 3.05) is 13.2 Å². The Kier molecular flexibility index (Phi) is 55.9. The van der Waals surface area contributed by atoms with Gasteiger partial charge in [-0.05, 0) is 96.3 Å². The maximum absolute atomic E-state index is 12.9. The van der Waals surface area contributed by atoms with E-state index in [1.54, 1.807) is 0 Å². The van der Waals surface area contributed by atoms with E-state index in [0.717, 1.165) is 128 Å². The summed E-state index contributed by atoms with van der Waals surface area (Å²) in [4.78, 5) is 38.2. The molecule has 0 saturated carbocycles. The zero-order valence-electron chi connectivity index (χ0n) is 46.5. The zero-order chi connectivity index (χ0) is 51.4. The molecule has 0 aromatic heterocycles. The minimum absolute atomic E-state index is 0.0941. The lowest BCUT2D eigenvalue weighted by molar-refractivity contribution is -0.167. The highest BCUT2D eigenvalue weighted by atomic mass is 16.6. The van der Waals surface area contributed by atoms with E-state index in [4.69, 9.17) is 14.2 Å². The van der Waals surface area contributed by atoms with Crippen LogP contribution in [0.2, 0.25) is 0 Å². The summed E-state index contributed by atoms with van der Waals surface area (Å²) in [6, 6.07) is 0. The molecule has 0 bridgehead atoms. The van der Waals surface area contributed by atoms with Crippen LogP contribution in [0.15, 0.2) is 97.2 Å². The van der Waals surface area contributed by atoms with Crippen molar-refractivity contribution in [2.24, 2.45) is 0 Å². The Morgan fingerprint density at radius 2 is 0.549 bits per heavy atom. The summed E-state index contributed by atoms with van der Waals surface area (Å²) < 4.78 is 16.9. The van der Waals surface area contributed by atoms with E-state index in [0.29, 0.717) is 19.3 Å². The molecule has 0 aliphatic rings. The monoisotopic (exact) mass is 987 g/mol. The Bertz CT molecular complexity index is 1410. The van der Waals surface area contributed by atoms with E-state index in [9.17, 15) is 14.4 Å². The largest absolute Gasteiger partial charge is 0.462 e. The van der Waals surface area contributed by atoms with Crippen LogP contribution in [0, 0.1) is 0 Å². The van der Waals surface area contributed by atoms with E-state index >= 15 is 0 Å². The van der Waals surface area contributed by atoms with Crippen molar-refractivity contribution in [1.82, 2.24) is 0 Å². The molecule has 0 N–H and O–H groups in total. The summed E-state index contributed by atoms with van der Waals surface area (Å²) in [6.07, 6.45) is 78.3. The molecule has 0 aliphatic heterocycles. The molecule has 0 rings (SSSR count). The van der Waals surface area contributed by atoms with Crippen LogP contribution in [0.3, 0.4) is 0 Å². The summed E-state index contributed by atoms with van der Waals surface area (Å²) in [5.41, 5.74) is 0. The summed E-state index contributed by atoms with van der Waals surface area (Å²) in [6.45, 7) is 6.40. The molecule has 0 aromatic rings. The Balaban J connectivity index is 4.44. The van der Waals surface area contributed by atoms with E-state index in [1.807, 2.05) is 0 Å². The first-order valence-corrected chi connectivity index (χ1v) is 29.7. The highest BCUT2D eigenvalue weighted by Crippen LogP contribution is 2.16. The smallest absolute Gasteiger partial charge is 0.306 e. The molecule has 0 heterocycles. The number of hydrogen-bond acceptors (Lipinski definition) is 6. The average molecular weight is 988 g/mol. The third-order valence-corrected chi connectivity index (χ3v) is 12.6. The molecule has 6 heteroatoms. The molecular weight excluding hydrogens is 877 g/mol. The van der Waals surface area contributed by atoms with Crippen molar-refractivity contribution in [3.8, 4) is 0 Å². The fourth-order valence-electron chi connectivity index (χ4n) is 8.19. The molecule has 0 spiro atoms. The minimum Gasteiger partial charge on any atom is -0.462 e. The second-order valence-corrected chi connectivity index (χ2v) is 19.5. The van der Waals surface area contributed by atoms with Crippen molar-refractivity contribution < 1.29 is 28.6 Å². The van der Waals surface area contributed by atoms with Gasteiger partial charge in [-0.25, -0.2) is 0 Å². The Labute approximate surface area is 438 Å². The predicted octanol–water partition coefficient (Wildman–Crippen LogP) is 20.1. The van der Waals surface area contributed by atoms with E-state index in [-0.39, 0.29) is 31.1 Å². The number of hydrogen-bond donors (Lipinski definition) is 0. The molecule has 1 atom stereocenters. The maximum Gasteiger partial charge on any atom is 0.306 e. The van der Waals surface area contributed by atoms with Crippen molar-refractivity contribution in [3.05, 3.63) is 97.2 Å². The Morgan fingerprint density at radius 3 is 0.873 bits per heavy atom. The van der Waals surface area contributed by atoms with Gasteiger partial charge in [-0.2, -0.15) is 0 Å². The first-order chi connectivity index (χ1) is 35.0. The predicted molar refractivity (Wildman–Crippen MR) is 307 cm³/mol. The zero-order valence-corrected chi connectivity index (χ0v) is 46.5. The fraction of sp³-hybridized carbons (Fsp3) is 0.708. The van der Waals surface area contributed by atoms with Crippen LogP contribution in [0.25, 0.3) is 0 Å². The van der Waals surface area contributed by atoms with Gasteiger partial charge in [-0.15, -0.1) is 0 Å². The Morgan fingerprint density at radius 1 is 0.296 bits per heavy atom. The molecule has 1 unspecified atom stereocenters. The standard InChI is InChI=1S/C65H110O6/c1-4-7-10-13-16-19-22-25-28-31-33-35-37-40-43-46-49-52-55-58-64(67)70-61-62(60-69-63(66)57-54-51-48-45-42-39-36-30-27-24-21-18-15-12-9-6-3)71-65(68)59-56-53-50-47-44-41-38-34-32-29-26-23-20-17-14-11-8-5-2/h7,9-10,12,16,18-19,21,25,27-28,30,33,35,39,42,62H,4-6,8,11,13-15,17,20,22-24,26,29,31-32,34,36-38,40-41,43-61H2,1-3H3/b10-7-,12-9-,19-16-,21-18-,28-25-,30-27-,35-33-,42-39-. The van der Waals surface area contributed by atoms with Gasteiger partial charge in [0, 0.05) is 19.3 Å². The van der Waals surface area contributed by atoms with Gasteiger partial charge in [-0.3, -0.25) is 14.4 Å². The van der Waals surface area contributed by atoms with Crippen LogP contribution in [0.4, 0.5) is 0 Å². The van der Waals surface area contributed by atoms with Gasteiger partial charge in [0.25, 0.3) is 0 Å². The van der Waals surface area contributed by atoms with Crippen LogP contribution in [0.5, 0.6) is 0 Å². The third-order valence-electron chi connectivity index (χ3n) is 12.6. The normalized spacial score (nSPS) is 12.8. The van der Waals surface area contributed by atoms with Crippen LogP contribution >= 0.6 is 0 Å². The number of carbonyl (C=O) groups is 3. The average Bonchev–Trinajstić information content (AvgIpc) is 3.37. The molecule has 0 fully saturated rings. The van der Waals surface area contributed by atoms with Gasteiger partial charge in [0.1, 0.15) is 13.2 Å². The van der Waals surface area contributed by atoms with Gasteiger partial charge < -0.3 is 14.2 Å². The van der Waals surface area contributed by atoms with Crippen molar-refractivity contribution >= 4 is 17.9 Å². The van der Waals surface area contributed by atoms with Crippen LogP contribution in [-0.4, -0.2) is 37.2 Å². The van der Waals surface area contributed by atoms with Gasteiger partial charge in [0.2, 0.25) is 0 Å². The lowest BCUT2D eigenvalue weighted by atomic mass is 10.0. The van der Waals surface area contributed by atoms with E-state index < -0.39 is 6.10 Å². The SMILES string of the molecule is CC/C=C\C/C=C\C/C=C\C/C=C\CCCCCCCCC(=O)OCC(COC(=O)CCCCC/C=C\C/C=C\C/C=C\C/C=C\CC)OC(=O)CCCCCCCCCCCCCCCCCCCC. The molecular formula is C65H110O6. The Hall–Kier alpha value is -3.67. The third kappa shape index (κ3) is 57.1. The second-order valence-electron chi connectivity index (χ2n) is 19.5. The quantitative estimate of drug-likeness (QED) is 0.0261. The topological polar surface area (TPSA) is 78.9 Å². The number of allylic oxidation sites excluding steroid dienone is 16. The highest BCUT2D eigenvalue weighted by Gasteiger charge is 2.19. The second kappa shape index (κ2) is 58.9. The number of ether oxygens (including phenoxy) is 3.